The van der Waals surface area contributed by atoms with Gasteiger partial charge in [0.2, 0.25) is 5.75 Å². The van der Waals surface area contributed by atoms with Crippen molar-refractivity contribution in [2.24, 2.45) is 5.73 Å². The van der Waals surface area contributed by atoms with Gasteiger partial charge in [-0.2, -0.15) is 0 Å². The van der Waals surface area contributed by atoms with Crippen molar-refractivity contribution in [1.82, 2.24) is 15.6 Å². The third-order valence-corrected chi connectivity index (χ3v) is 6.58. The molecule has 1 aromatic heterocycles. The molecule has 0 spiro atoms. The summed E-state index contributed by atoms with van der Waals surface area (Å²) in [5.41, 5.74) is 9.73. The van der Waals surface area contributed by atoms with Crippen LogP contribution in [0.15, 0.2) is 36.4 Å². The van der Waals surface area contributed by atoms with E-state index >= 15 is 0 Å². The van der Waals surface area contributed by atoms with E-state index < -0.39 is 6.04 Å². The molecule has 3 aromatic rings. The lowest BCUT2D eigenvalue weighted by Gasteiger charge is -2.34. The number of para-hydroxylation sites is 1. The van der Waals surface area contributed by atoms with Gasteiger partial charge in [-0.05, 0) is 48.7 Å². The van der Waals surface area contributed by atoms with E-state index in [-0.39, 0.29) is 23.9 Å². The number of aromatic hydroxyl groups is 1. The number of rotatable bonds is 10. The van der Waals surface area contributed by atoms with Crippen molar-refractivity contribution in [2.75, 3.05) is 27.9 Å². The Hall–Kier alpha value is -3.27. The minimum absolute atomic E-state index is 0.0493. The van der Waals surface area contributed by atoms with Gasteiger partial charge in [0.15, 0.2) is 11.5 Å². The Kier molecular flexibility index (Phi) is 7.80. The number of fused-ring (bicyclic) bond motifs is 3. The first-order valence-electron chi connectivity index (χ1n) is 11.8. The van der Waals surface area contributed by atoms with Crippen molar-refractivity contribution in [3.05, 3.63) is 53.2 Å². The Morgan fingerprint density at radius 3 is 2.54 bits per heavy atom. The molecule has 0 fully saturated rings. The molecule has 1 aliphatic heterocycles. The van der Waals surface area contributed by atoms with E-state index in [1.165, 1.54) is 26.9 Å². The van der Waals surface area contributed by atoms with Gasteiger partial charge in [0.05, 0.1) is 33.5 Å². The summed E-state index contributed by atoms with van der Waals surface area (Å²) in [6.07, 6.45) is 2.76. The number of phenols is 1. The molecule has 3 atom stereocenters. The van der Waals surface area contributed by atoms with E-state index in [0.29, 0.717) is 30.9 Å². The number of carbonyl (C=O) groups excluding carboxylic acids is 1. The fraction of sp³-hybridized carbons (Fsp3) is 0.423. The second kappa shape index (κ2) is 11.0. The fourth-order valence-corrected chi connectivity index (χ4v) is 4.83. The number of unbranched alkanes of at least 4 members (excludes halogenated alkanes) is 1. The molecule has 6 N–H and O–H groups in total. The van der Waals surface area contributed by atoms with Crippen LogP contribution in [0, 0.1) is 0 Å². The minimum Gasteiger partial charge on any atom is -0.502 e. The number of ether oxygens (including phenoxy) is 3. The SMILES string of the molecule is COC(=O)[C@@H](CCCCN)N[C@@H]1Cc2c([nH]c3ccccc23)[C@@H](c2cc(OC)c(O)c(OC)c2)N1. The lowest BCUT2D eigenvalue weighted by atomic mass is 9.92. The van der Waals surface area contributed by atoms with E-state index in [0.717, 1.165) is 35.0 Å². The fourth-order valence-electron chi connectivity index (χ4n) is 4.83. The smallest absolute Gasteiger partial charge is 0.322 e. The molecule has 0 bridgehead atoms. The Bertz CT molecular complexity index is 1150. The highest BCUT2D eigenvalue weighted by Crippen LogP contribution is 2.42. The molecule has 4 rings (SSSR count). The van der Waals surface area contributed by atoms with Crippen molar-refractivity contribution in [2.45, 2.75) is 43.9 Å². The summed E-state index contributed by atoms with van der Waals surface area (Å²) in [4.78, 5) is 16.1. The third kappa shape index (κ3) is 5.07. The number of carbonyl (C=O) groups is 1. The minimum atomic E-state index is -0.458. The van der Waals surface area contributed by atoms with Gasteiger partial charge < -0.3 is 30.0 Å². The average molecular weight is 483 g/mol. The second-order valence-electron chi connectivity index (χ2n) is 8.72. The number of H-pyrrole nitrogens is 1. The topological polar surface area (TPSA) is 131 Å². The number of aromatic nitrogens is 1. The number of nitrogens with two attached hydrogens (primary N) is 1. The van der Waals surface area contributed by atoms with Crippen molar-refractivity contribution in [3.63, 3.8) is 0 Å². The highest BCUT2D eigenvalue weighted by Gasteiger charge is 2.34. The quantitative estimate of drug-likeness (QED) is 0.220. The predicted molar refractivity (Wildman–Crippen MR) is 134 cm³/mol. The summed E-state index contributed by atoms with van der Waals surface area (Å²) < 4.78 is 15.9. The summed E-state index contributed by atoms with van der Waals surface area (Å²) >= 11 is 0. The Labute approximate surface area is 204 Å². The highest BCUT2D eigenvalue weighted by molar-refractivity contribution is 5.85. The molecular weight excluding hydrogens is 448 g/mol. The molecule has 0 aliphatic carbocycles. The van der Waals surface area contributed by atoms with E-state index in [2.05, 4.69) is 27.8 Å². The standard InChI is InChI=1S/C26H34N4O5/c1-33-20-12-15(13-21(34-2)25(20)31)23-24-17(16-8-4-5-9-18(16)29-24)14-22(30-23)28-19(26(32)35-3)10-6-7-11-27/h4-5,8-9,12-13,19,22-23,28-31H,6-7,10-11,14,27H2,1-3H3/t19-,22+,23-/m1/s1. The van der Waals surface area contributed by atoms with Crippen LogP contribution in [0.25, 0.3) is 10.9 Å². The molecule has 0 amide bonds. The molecule has 1 aliphatic rings. The van der Waals surface area contributed by atoms with Gasteiger partial charge in [-0.3, -0.25) is 15.4 Å². The first kappa shape index (κ1) is 24.8. The average Bonchev–Trinajstić information content (AvgIpc) is 3.26. The molecule has 188 valence electrons. The Morgan fingerprint density at radius 1 is 1.17 bits per heavy atom. The second-order valence-corrected chi connectivity index (χ2v) is 8.72. The summed E-state index contributed by atoms with van der Waals surface area (Å²) in [7, 11) is 4.42. The van der Waals surface area contributed by atoms with Gasteiger partial charge in [-0.25, -0.2) is 0 Å². The van der Waals surface area contributed by atoms with E-state index in [1.54, 1.807) is 12.1 Å². The highest BCUT2D eigenvalue weighted by atomic mass is 16.5. The van der Waals surface area contributed by atoms with Crippen molar-refractivity contribution in [1.29, 1.82) is 0 Å². The lowest BCUT2D eigenvalue weighted by molar-refractivity contribution is -0.143. The van der Waals surface area contributed by atoms with Crippen LogP contribution >= 0.6 is 0 Å². The first-order chi connectivity index (χ1) is 17.0. The summed E-state index contributed by atoms with van der Waals surface area (Å²) in [5, 5.41) is 18.7. The number of hydrogen-bond donors (Lipinski definition) is 5. The largest absolute Gasteiger partial charge is 0.502 e. The summed E-state index contributed by atoms with van der Waals surface area (Å²) in [6.45, 7) is 0.584. The van der Waals surface area contributed by atoms with E-state index in [9.17, 15) is 9.90 Å². The number of phenolic OH excluding ortho intramolecular Hbond substituents is 1. The number of esters is 1. The first-order valence-corrected chi connectivity index (χ1v) is 11.8. The van der Waals surface area contributed by atoms with Gasteiger partial charge in [-0.15, -0.1) is 0 Å². The molecule has 0 saturated carbocycles. The molecule has 0 radical (unpaired) electrons. The summed E-state index contributed by atoms with van der Waals surface area (Å²) in [5.74, 6) is 0.302. The number of aromatic amines is 1. The predicted octanol–water partition coefficient (Wildman–Crippen LogP) is 2.71. The summed E-state index contributed by atoms with van der Waals surface area (Å²) in [6, 6.07) is 11.0. The van der Waals surface area contributed by atoms with Crippen LogP contribution in [0.4, 0.5) is 0 Å². The van der Waals surface area contributed by atoms with E-state index in [4.69, 9.17) is 19.9 Å². The zero-order valence-electron chi connectivity index (χ0n) is 20.4. The van der Waals surface area contributed by atoms with Gasteiger partial charge >= 0.3 is 5.97 Å². The number of methoxy groups -OCH3 is 3. The third-order valence-electron chi connectivity index (χ3n) is 6.58. The van der Waals surface area contributed by atoms with Crippen LogP contribution in [-0.4, -0.2) is 56.1 Å². The Balaban J connectivity index is 1.74. The van der Waals surface area contributed by atoms with E-state index in [1.807, 2.05) is 12.1 Å². The van der Waals surface area contributed by atoms with Crippen molar-refractivity contribution < 1.29 is 24.1 Å². The zero-order valence-corrected chi connectivity index (χ0v) is 20.4. The normalized spacial score (nSPS) is 18.2. The molecule has 35 heavy (non-hydrogen) atoms. The molecule has 0 unspecified atom stereocenters. The van der Waals surface area contributed by atoms with Crippen LogP contribution in [-0.2, 0) is 16.0 Å². The molecule has 2 heterocycles. The molecule has 0 saturated heterocycles. The maximum atomic E-state index is 12.5. The number of nitrogens with one attached hydrogen (secondary N) is 3. The lowest BCUT2D eigenvalue weighted by Crippen LogP contribution is -2.54. The monoisotopic (exact) mass is 482 g/mol. The maximum absolute atomic E-state index is 12.5. The maximum Gasteiger partial charge on any atom is 0.322 e. The van der Waals surface area contributed by atoms with Crippen molar-refractivity contribution >= 4 is 16.9 Å². The van der Waals surface area contributed by atoms with Crippen LogP contribution in [0.5, 0.6) is 17.2 Å². The van der Waals surface area contributed by atoms with Gasteiger partial charge in [0.25, 0.3) is 0 Å². The molecule has 9 heteroatoms. The number of hydrogen-bond acceptors (Lipinski definition) is 8. The van der Waals surface area contributed by atoms with Gasteiger partial charge in [0, 0.05) is 23.0 Å². The Morgan fingerprint density at radius 2 is 1.89 bits per heavy atom. The van der Waals surface area contributed by atoms with Crippen LogP contribution in [0.1, 0.15) is 42.1 Å². The zero-order chi connectivity index (χ0) is 24.9. The number of benzene rings is 2. The van der Waals surface area contributed by atoms with Gasteiger partial charge in [-0.1, -0.05) is 24.6 Å². The van der Waals surface area contributed by atoms with Gasteiger partial charge in [0.1, 0.15) is 6.04 Å². The van der Waals surface area contributed by atoms with Crippen molar-refractivity contribution in [3.8, 4) is 17.2 Å². The van der Waals surface area contributed by atoms with Crippen LogP contribution in [0.2, 0.25) is 0 Å². The molecular formula is C26H34N4O5. The molecule has 9 nitrogen and oxygen atoms in total. The van der Waals surface area contributed by atoms with Crippen LogP contribution < -0.4 is 25.8 Å². The molecule has 2 aromatic carbocycles. The van der Waals surface area contributed by atoms with Crippen LogP contribution in [0.3, 0.4) is 0 Å².